The molecule has 0 aliphatic carbocycles. The average Bonchev–Trinajstić information content (AvgIpc) is 2.83. The molecule has 2 atom stereocenters. The number of nitro groups is 1. The smallest absolute Gasteiger partial charge is 0.324 e. The first-order valence-electron chi connectivity index (χ1n) is 4.88. The third-order valence-corrected chi connectivity index (χ3v) is 3.37. The Labute approximate surface area is 96.0 Å². The fourth-order valence-electron chi connectivity index (χ4n) is 1.54. The summed E-state index contributed by atoms with van der Waals surface area (Å²) in [7, 11) is 0. The lowest BCUT2D eigenvalue weighted by atomic mass is 10.2. The molecule has 1 aromatic rings. The second kappa shape index (κ2) is 4.88. The summed E-state index contributed by atoms with van der Waals surface area (Å²) < 4.78 is 5.08. The molecule has 1 aliphatic rings. The highest BCUT2D eigenvalue weighted by molar-refractivity contribution is 7.13. The van der Waals surface area contributed by atoms with E-state index in [0.29, 0.717) is 19.8 Å². The van der Waals surface area contributed by atoms with Crippen LogP contribution in [0.1, 0.15) is 5.56 Å². The molecule has 0 aromatic carbocycles. The van der Waals surface area contributed by atoms with Gasteiger partial charge in [-0.05, 0) is 5.56 Å². The quantitative estimate of drug-likeness (QED) is 0.595. The summed E-state index contributed by atoms with van der Waals surface area (Å²) in [6.45, 7) is 1.34. The van der Waals surface area contributed by atoms with Gasteiger partial charge in [0.25, 0.3) is 0 Å². The maximum atomic E-state index is 10.5. The summed E-state index contributed by atoms with van der Waals surface area (Å²) in [4.78, 5) is 10.1. The van der Waals surface area contributed by atoms with Crippen LogP contribution in [0.15, 0.2) is 11.4 Å². The first-order valence-corrected chi connectivity index (χ1v) is 5.76. The van der Waals surface area contributed by atoms with Crippen molar-refractivity contribution < 1.29 is 14.8 Å². The lowest BCUT2D eigenvalue weighted by Gasteiger charge is -2.13. The topological polar surface area (TPSA) is 84.6 Å². The van der Waals surface area contributed by atoms with Crippen LogP contribution in [0.25, 0.3) is 0 Å². The van der Waals surface area contributed by atoms with Crippen molar-refractivity contribution in [2.24, 2.45) is 0 Å². The summed E-state index contributed by atoms with van der Waals surface area (Å²) in [6, 6.07) is 1.46. The lowest BCUT2D eigenvalue weighted by Crippen LogP contribution is -2.38. The molecule has 7 heteroatoms. The minimum absolute atomic E-state index is 0.0843. The van der Waals surface area contributed by atoms with Crippen molar-refractivity contribution in [2.75, 3.05) is 13.2 Å². The molecule has 0 saturated carbocycles. The summed E-state index contributed by atoms with van der Waals surface area (Å²) >= 11 is 1.11. The van der Waals surface area contributed by atoms with Gasteiger partial charge in [0, 0.05) is 18.0 Å². The van der Waals surface area contributed by atoms with E-state index >= 15 is 0 Å². The van der Waals surface area contributed by atoms with Crippen molar-refractivity contribution in [3.8, 4) is 0 Å². The van der Waals surface area contributed by atoms with Crippen molar-refractivity contribution in [1.29, 1.82) is 0 Å². The van der Waals surface area contributed by atoms with E-state index in [1.165, 1.54) is 0 Å². The Balaban J connectivity index is 1.87. The number of rotatable bonds is 4. The number of ether oxygens (including phenoxy) is 1. The number of aliphatic hydroxyl groups excluding tert-OH is 1. The average molecular weight is 244 g/mol. The normalized spacial score (nSPS) is 24.8. The van der Waals surface area contributed by atoms with Gasteiger partial charge in [0.1, 0.15) is 0 Å². The number of nitrogens with one attached hydrogen (secondary N) is 1. The van der Waals surface area contributed by atoms with Gasteiger partial charge in [0.15, 0.2) is 0 Å². The molecule has 1 aromatic heterocycles. The molecule has 1 aliphatic heterocycles. The van der Waals surface area contributed by atoms with Crippen LogP contribution in [0.5, 0.6) is 0 Å². The van der Waals surface area contributed by atoms with Gasteiger partial charge in [-0.25, -0.2) is 0 Å². The molecular weight excluding hydrogens is 232 g/mol. The van der Waals surface area contributed by atoms with Crippen molar-refractivity contribution in [1.82, 2.24) is 5.32 Å². The molecule has 0 radical (unpaired) electrons. The lowest BCUT2D eigenvalue weighted by molar-refractivity contribution is -0.380. The van der Waals surface area contributed by atoms with Crippen molar-refractivity contribution in [3.05, 3.63) is 27.1 Å². The molecular formula is C9H12N2O4S. The first-order chi connectivity index (χ1) is 7.66. The molecule has 16 heavy (non-hydrogen) atoms. The van der Waals surface area contributed by atoms with Gasteiger partial charge in [-0.15, -0.1) is 0 Å². The Morgan fingerprint density at radius 3 is 3.06 bits per heavy atom. The van der Waals surface area contributed by atoms with Gasteiger partial charge in [0.2, 0.25) is 0 Å². The standard InChI is InChI=1S/C9H12N2O4S/c12-8-4-15-3-7(8)10-2-6-1-9(11(13)14)16-5-6/h1,5,7-8,10,12H,2-4H2. The molecule has 2 rings (SSSR count). The minimum atomic E-state index is -0.492. The van der Waals surface area contributed by atoms with E-state index in [4.69, 9.17) is 4.74 Å². The fourth-order valence-corrected chi connectivity index (χ4v) is 2.27. The highest BCUT2D eigenvalue weighted by atomic mass is 32.1. The maximum absolute atomic E-state index is 10.5. The Kier molecular flexibility index (Phi) is 3.49. The van der Waals surface area contributed by atoms with E-state index in [0.717, 1.165) is 16.9 Å². The molecule has 1 saturated heterocycles. The van der Waals surface area contributed by atoms with Gasteiger partial charge >= 0.3 is 5.00 Å². The highest BCUT2D eigenvalue weighted by Gasteiger charge is 2.25. The van der Waals surface area contributed by atoms with Crippen LogP contribution in [0.4, 0.5) is 5.00 Å². The number of thiophene rings is 1. The number of nitrogens with zero attached hydrogens (tertiary/aromatic N) is 1. The summed E-state index contributed by atoms with van der Waals surface area (Å²) in [5.41, 5.74) is 0.857. The predicted molar refractivity (Wildman–Crippen MR) is 58.4 cm³/mol. The van der Waals surface area contributed by atoms with Crippen LogP contribution in [0, 0.1) is 10.1 Å². The summed E-state index contributed by atoms with van der Waals surface area (Å²) in [5.74, 6) is 0. The van der Waals surface area contributed by atoms with E-state index < -0.39 is 11.0 Å². The fraction of sp³-hybridized carbons (Fsp3) is 0.556. The molecule has 0 bridgehead atoms. The molecule has 0 amide bonds. The van der Waals surface area contributed by atoms with Crippen molar-refractivity contribution in [3.63, 3.8) is 0 Å². The molecule has 2 N–H and O–H groups in total. The Morgan fingerprint density at radius 2 is 2.50 bits per heavy atom. The number of hydrogen-bond acceptors (Lipinski definition) is 6. The molecule has 6 nitrogen and oxygen atoms in total. The molecule has 1 fully saturated rings. The van der Waals surface area contributed by atoms with E-state index in [1.54, 1.807) is 11.4 Å². The van der Waals surface area contributed by atoms with Crippen LogP contribution in [-0.4, -0.2) is 35.4 Å². The largest absolute Gasteiger partial charge is 0.389 e. The predicted octanol–water partition coefficient (Wildman–Crippen LogP) is 0.506. The summed E-state index contributed by atoms with van der Waals surface area (Å²) in [6.07, 6.45) is -0.492. The third-order valence-electron chi connectivity index (χ3n) is 2.44. The summed E-state index contributed by atoms with van der Waals surface area (Å²) in [5, 5.41) is 24.9. The van der Waals surface area contributed by atoms with E-state index in [-0.39, 0.29) is 11.0 Å². The SMILES string of the molecule is O=[N+]([O-])c1cc(CNC2COCC2O)cs1. The van der Waals surface area contributed by atoms with Crippen molar-refractivity contribution in [2.45, 2.75) is 18.7 Å². The Hall–Kier alpha value is -1.02. The van der Waals surface area contributed by atoms with Gasteiger partial charge < -0.3 is 15.2 Å². The molecule has 2 unspecified atom stereocenters. The van der Waals surface area contributed by atoms with Crippen LogP contribution >= 0.6 is 11.3 Å². The zero-order chi connectivity index (χ0) is 11.5. The first kappa shape index (κ1) is 11.5. The van der Waals surface area contributed by atoms with Gasteiger partial charge in [-0.2, -0.15) is 0 Å². The number of hydrogen-bond donors (Lipinski definition) is 2. The number of aliphatic hydroxyl groups is 1. The van der Waals surface area contributed by atoms with Crippen LogP contribution in [0.3, 0.4) is 0 Å². The molecule has 88 valence electrons. The third kappa shape index (κ3) is 2.56. The Bertz CT molecular complexity index is 381. The van der Waals surface area contributed by atoms with Crippen molar-refractivity contribution >= 4 is 16.3 Å². The van der Waals surface area contributed by atoms with Gasteiger partial charge in [-0.1, -0.05) is 11.3 Å². The molecule has 2 heterocycles. The second-order valence-corrected chi connectivity index (χ2v) is 4.53. The monoisotopic (exact) mass is 244 g/mol. The van der Waals surface area contributed by atoms with Crippen LogP contribution in [-0.2, 0) is 11.3 Å². The van der Waals surface area contributed by atoms with E-state index in [9.17, 15) is 15.2 Å². The zero-order valence-corrected chi connectivity index (χ0v) is 9.27. The van der Waals surface area contributed by atoms with E-state index in [2.05, 4.69) is 5.32 Å². The maximum Gasteiger partial charge on any atom is 0.324 e. The Morgan fingerprint density at radius 1 is 1.69 bits per heavy atom. The zero-order valence-electron chi connectivity index (χ0n) is 8.46. The van der Waals surface area contributed by atoms with Crippen LogP contribution in [0.2, 0.25) is 0 Å². The van der Waals surface area contributed by atoms with Crippen LogP contribution < -0.4 is 5.32 Å². The minimum Gasteiger partial charge on any atom is -0.389 e. The highest BCUT2D eigenvalue weighted by Crippen LogP contribution is 2.22. The second-order valence-electron chi connectivity index (χ2n) is 3.64. The molecule has 0 spiro atoms. The van der Waals surface area contributed by atoms with Gasteiger partial charge in [-0.3, -0.25) is 10.1 Å². The van der Waals surface area contributed by atoms with Gasteiger partial charge in [0.05, 0.1) is 30.3 Å². The van der Waals surface area contributed by atoms with E-state index in [1.807, 2.05) is 0 Å².